The minimum Gasteiger partial charge on any atom is -0.481 e. The van der Waals surface area contributed by atoms with Gasteiger partial charge >= 0.3 is 5.97 Å². The number of hydrogen-bond acceptors (Lipinski definition) is 6. The molecule has 0 bridgehead atoms. The zero-order valence-electron chi connectivity index (χ0n) is 10.2. The monoisotopic (exact) mass is 260 g/mol. The van der Waals surface area contributed by atoms with E-state index in [9.17, 15) is 4.79 Å². The van der Waals surface area contributed by atoms with E-state index in [4.69, 9.17) is 9.84 Å². The number of carboxylic acids is 1. The van der Waals surface area contributed by atoms with Crippen molar-refractivity contribution < 1.29 is 14.6 Å². The molecule has 0 atom stereocenters. The average molecular weight is 260 g/mol. The molecule has 19 heavy (non-hydrogen) atoms. The molecular weight excluding hydrogens is 248 g/mol. The summed E-state index contributed by atoms with van der Waals surface area (Å²) >= 11 is 0. The molecule has 0 aliphatic rings. The van der Waals surface area contributed by atoms with Crippen LogP contribution in [0.4, 0.5) is 5.82 Å². The number of methoxy groups -OCH3 is 1. The van der Waals surface area contributed by atoms with Gasteiger partial charge in [0.1, 0.15) is 5.82 Å². The van der Waals surface area contributed by atoms with Gasteiger partial charge in [-0.25, -0.2) is 19.7 Å². The van der Waals surface area contributed by atoms with E-state index in [2.05, 4.69) is 20.3 Å². The molecule has 0 saturated heterocycles. The number of anilines is 1. The molecule has 2 rings (SSSR count). The molecule has 0 spiro atoms. The van der Waals surface area contributed by atoms with E-state index in [1.807, 2.05) is 6.07 Å². The van der Waals surface area contributed by atoms with E-state index in [1.54, 1.807) is 25.4 Å². The molecule has 2 heterocycles. The third kappa shape index (κ3) is 3.15. The van der Waals surface area contributed by atoms with E-state index < -0.39 is 5.97 Å². The third-order valence-corrected chi connectivity index (χ3v) is 2.35. The van der Waals surface area contributed by atoms with Crippen molar-refractivity contribution in [2.45, 2.75) is 6.54 Å². The first-order chi connectivity index (χ1) is 9.20. The first kappa shape index (κ1) is 12.7. The molecule has 0 radical (unpaired) electrons. The van der Waals surface area contributed by atoms with Crippen molar-refractivity contribution in [3.8, 4) is 5.88 Å². The van der Waals surface area contributed by atoms with Gasteiger partial charge < -0.3 is 15.2 Å². The second-order valence-electron chi connectivity index (χ2n) is 3.60. The Morgan fingerprint density at radius 3 is 2.95 bits per heavy atom. The summed E-state index contributed by atoms with van der Waals surface area (Å²) in [6.45, 7) is 0.424. The summed E-state index contributed by atoms with van der Waals surface area (Å²) in [5.74, 6) is -0.466. The molecule has 7 nitrogen and oxygen atoms in total. The number of nitrogens with zero attached hydrogens (tertiary/aromatic N) is 3. The highest BCUT2D eigenvalue weighted by Crippen LogP contribution is 2.15. The molecule has 98 valence electrons. The predicted octanol–water partition coefficient (Wildman–Crippen LogP) is 1.19. The molecular formula is C12H12N4O3. The maximum absolute atomic E-state index is 10.7. The van der Waals surface area contributed by atoms with E-state index in [-0.39, 0.29) is 5.82 Å². The fourth-order valence-electron chi connectivity index (χ4n) is 1.49. The summed E-state index contributed by atoms with van der Waals surface area (Å²) in [5, 5.41) is 11.8. The van der Waals surface area contributed by atoms with E-state index in [0.717, 1.165) is 5.56 Å². The van der Waals surface area contributed by atoms with Crippen molar-refractivity contribution in [3.05, 3.63) is 42.0 Å². The summed E-state index contributed by atoms with van der Waals surface area (Å²) in [4.78, 5) is 22.3. The van der Waals surface area contributed by atoms with Crippen LogP contribution in [0.15, 0.2) is 30.6 Å². The molecule has 0 aliphatic carbocycles. The van der Waals surface area contributed by atoms with Crippen LogP contribution in [0.3, 0.4) is 0 Å². The Morgan fingerprint density at radius 2 is 2.21 bits per heavy atom. The van der Waals surface area contributed by atoms with Crippen molar-refractivity contribution in [1.82, 2.24) is 15.0 Å². The molecule has 2 N–H and O–H groups in total. The van der Waals surface area contributed by atoms with Gasteiger partial charge in [0.15, 0.2) is 0 Å². The molecule has 2 aromatic heterocycles. The van der Waals surface area contributed by atoms with E-state index >= 15 is 0 Å². The zero-order chi connectivity index (χ0) is 13.7. The van der Waals surface area contributed by atoms with Crippen molar-refractivity contribution in [2.75, 3.05) is 12.4 Å². The van der Waals surface area contributed by atoms with Crippen LogP contribution in [-0.4, -0.2) is 33.1 Å². The number of carboxylic acid groups (broad SMARTS) is 1. The number of nitrogens with one attached hydrogen (secondary N) is 1. The highest BCUT2D eigenvalue weighted by molar-refractivity contribution is 5.83. The van der Waals surface area contributed by atoms with Gasteiger partial charge in [-0.2, -0.15) is 0 Å². The standard InChI is InChI=1S/C12H12N4O3/c1-19-11-8(3-2-5-14-11)7-15-9-4-6-13-10(16-9)12(17)18/h2-6H,7H2,1H3,(H,17,18)(H,13,15,16). The predicted molar refractivity (Wildman–Crippen MR) is 67.1 cm³/mol. The van der Waals surface area contributed by atoms with Crippen LogP contribution in [0.5, 0.6) is 5.88 Å². The van der Waals surface area contributed by atoms with Crippen LogP contribution in [0.2, 0.25) is 0 Å². The van der Waals surface area contributed by atoms with Gasteiger partial charge in [-0.3, -0.25) is 0 Å². The number of aromatic nitrogens is 3. The Balaban J connectivity index is 2.10. The van der Waals surface area contributed by atoms with Gasteiger partial charge in [-0.1, -0.05) is 6.07 Å². The molecule has 0 aliphatic heterocycles. The maximum Gasteiger partial charge on any atom is 0.374 e. The highest BCUT2D eigenvalue weighted by Gasteiger charge is 2.08. The van der Waals surface area contributed by atoms with E-state index in [1.165, 1.54) is 6.20 Å². The Kier molecular flexibility index (Phi) is 3.87. The van der Waals surface area contributed by atoms with E-state index in [0.29, 0.717) is 18.2 Å². The van der Waals surface area contributed by atoms with Crippen LogP contribution in [0, 0.1) is 0 Å². The fraction of sp³-hybridized carbons (Fsp3) is 0.167. The van der Waals surface area contributed by atoms with Gasteiger partial charge in [0.05, 0.1) is 7.11 Å². The number of ether oxygens (including phenoxy) is 1. The number of pyridine rings is 1. The van der Waals surface area contributed by atoms with Crippen molar-refractivity contribution in [2.24, 2.45) is 0 Å². The molecule has 0 aromatic carbocycles. The summed E-state index contributed by atoms with van der Waals surface area (Å²) in [6, 6.07) is 5.25. The highest BCUT2D eigenvalue weighted by atomic mass is 16.5. The molecule has 0 unspecified atom stereocenters. The van der Waals surface area contributed by atoms with Gasteiger partial charge in [-0.05, 0) is 12.1 Å². The topological polar surface area (TPSA) is 97.2 Å². The second-order valence-corrected chi connectivity index (χ2v) is 3.60. The normalized spacial score (nSPS) is 9.95. The minimum atomic E-state index is -1.16. The Labute approximate surface area is 109 Å². The second kappa shape index (κ2) is 5.76. The van der Waals surface area contributed by atoms with Crippen LogP contribution in [0.1, 0.15) is 16.2 Å². The van der Waals surface area contributed by atoms with Gasteiger partial charge in [0.25, 0.3) is 0 Å². The first-order valence-electron chi connectivity index (χ1n) is 5.49. The SMILES string of the molecule is COc1ncccc1CNc1ccnc(C(=O)O)n1. The lowest BCUT2D eigenvalue weighted by molar-refractivity contribution is 0.0683. The summed E-state index contributed by atoms with van der Waals surface area (Å²) in [7, 11) is 1.54. The van der Waals surface area contributed by atoms with Gasteiger partial charge in [0, 0.05) is 24.5 Å². The number of hydrogen-bond donors (Lipinski definition) is 2. The number of rotatable bonds is 5. The molecule has 2 aromatic rings. The smallest absolute Gasteiger partial charge is 0.374 e. The average Bonchev–Trinajstić information content (AvgIpc) is 2.45. The Bertz CT molecular complexity index is 589. The Hall–Kier alpha value is -2.70. The van der Waals surface area contributed by atoms with Crippen molar-refractivity contribution in [3.63, 3.8) is 0 Å². The lowest BCUT2D eigenvalue weighted by Crippen LogP contribution is -2.08. The van der Waals surface area contributed by atoms with Crippen molar-refractivity contribution >= 4 is 11.8 Å². The summed E-state index contributed by atoms with van der Waals surface area (Å²) < 4.78 is 5.12. The number of carbonyl (C=O) groups is 1. The third-order valence-electron chi connectivity index (χ3n) is 2.35. The molecule has 0 fully saturated rings. The summed E-state index contributed by atoms with van der Waals surface area (Å²) in [6.07, 6.45) is 3.02. The molecule has 0 saturated carbocycles. The van der Waals surface area contributed by atoms with Gasteiger partial charge in [-0.15, -0.1) is 0 Å². The fourth-order valence-corrected chi connectivity index (χ4v) is 1.49. The maximum atomic E-state index is 10.7. The largest absolute Gasteiger partial charge is 0.481 e. The quantitative estimate of drug-likeness (QED) is 0.833. The lowest BCUT2D eigenvalue weighted by Gasteiger charge is -2.08. The molecule has 7 heteroatoms. The minimum absolute atomic E-state index is 0.247. The first-order valence-corrected chi connectivity index (χ1v) is 5.49. The lowest BCUT2D eigenvalue weighted by atomic mass is 10.2. The van der Waals surface area contributed by atoms with Gasteiger partial charge in [0.2, 0.25) is 11.7 Å². The number of aromatic carboxylic acids is 1. The molecule has 0 amide bonds. The van der Waals surface area contributed by atoms with Crippen LogP contribution >= 0.6 is 0 Å². The zero-order valence-corrected chi connectivity index (χ0v) is 10.2. The van der Waals surface area contributed by atoms with Crippen LogP contribution in [-0.2, 0) is 6.54 Å². The van der Waals surface area contributed by atoms with Crippen LogP contribution in [0.25, 0.3) is 0 Å². The van der Waals surface area contributed by atoms with Crippen molar-refractivity contribution in [1.29, 1.82) is 0 Å². The Morgan fingerprint density at radius 1 is 1.37 bits per heavy atom. The summed E-state index contributed by atoms with van der Waals surface area (Å²) in [5.41, 5.74) is 0.848. The van der Waals surface area contributed by atoms with Crippen LogP contribution < -0.4 is 10.1 Å².